The van der Waals surface area contributed by atoms with Gasteiger partial charge >= 0.3 is 0 Å². The van der Waals surface area contributed by atoms with Crippen molar-refractivity contribution >= 4 is 44.6 Å². The Morgan fingerprint density at radius 2 is 2.00 bits per heavy atom. The van der Waals surface area contributed by atoms with Crippen molar-refractivity contribution in [3.63, 3.8) is 0 Å². The van der Waals surface area contributed by atoms with Crippen LogP contribution in [0.5, 0.6) is 0 Å². The first-order valence-corrected chi connectivity index (χ1v) is 8.04. The highest BCUT2D eigenvalue weighted by Gasteiger charge is 2.26. The normalized spacial score (nSPS) is 17.1. The molecular weight excluding hydrogens is 348 g/mol. The molecule has 1 aromatic heterocycles. The molecule has 21 heavy (non-hydrogen) atoms. The summed E-state index contributed by atoms with van der Waals surface area (Å²) in [4.78, 5) is 0. The average Bonchev–Trinajstić information content (AvgIpc) is 2.86. The number of allylic oxidation sites excluding steroid dienone is 1. The number of halogens is 2. The van der Waals surface area contributed by atoms with Crippen LogP contribution in [-0.4, -0.2) is 0 Å². The molecule has 0 fully saturated rings. The van der Waals surface area contributed by atoms with Crippen LogP contribution in [0.3, 0.4) is 0 Å². The highest BCUT2D eigenvalue weighted by molar-refractivity contribution is 9.10. The summed E-state index contributed by atoms with van der Waals surface area (Å²) in [5, 5.41) is 1.92. The second-order valence-electron chi connectivity index (χ2n) is 5.23. The van der Waals surface area contributed by atoms with Crippen molar-refractivity contribution in [1.82, 2.24) is 0 Å². The van der Waals surface area contributed by atoms with E-state index in [0.29, 0.717) is 0 Å². The van der Waals surface area contributed by atoms with Gasteiger partial charge < -0.3 is 4.42 Å². The number of fused-ring (bicyclic) bond motifs is 3. The predicted octanol–water partition coefficient (Wildman–Crippen LogP) is 6.40. The number of hydrogen-bond donors (Lipinski definition) is 0. The third-order valence-corrected chi connectivity index (χ3v) is 4.90. The Balaban J connectivity index is 1.92. The third-order valence-electron chi connectivity index (χ3n) is 3.97. The number of hydrogen-bond acceptors (Lipinski definition) is 1. The van der Waals surface area contributed by atoms with E-state index in [1.165, 1.54) is 16.5 Å². The molecule has 1 aliphatic carbocycles. The molecule has 1 heterocycles. The van der Waals surface area contributed by atoms with E-state index in [-0.39, 0.29) is 5.92 Å². The van der Waals surface area contributed by atoms with Gasteiger partial charge in [0.2, 0.25) is 0 Å². The van der Waals surface area contributed by atoms with E-state index in [0.717, 1.165) is 27.3 Å². The Morgan fingerprint density at radius 3 is 2.86 bits per heavy atom. The van der Waals surface area contributed by atoms with Crippen molar-refractivity contribution in [2.24, 2.45) is 0 Å². The van der Waals surface area contributed by atoms with Crippen molar-refractivity contribution < 1.29 is 4.42 Å². The van der Waals surface area contributed by atoms with Gasteiger partial charge in [-0.3, -0.25) is 0 Å². The molecule has 0 radical (unpaired) electrons. The van der Waals surface area contributed by atoms with Crippen molar-refractivity contribution in [3.8, 4) is 0 Å². The van der Waals surface area contributed by atoms with Gasteiger partial charge in [-0.2, -0.15) is 0 Å². The molecule has 2 aromatic carbocycles. The zero-order valence-corrected chi connectivity index (χ0v) is 13.5. The van der Waals surface area contributed by atoms with E-state index in [1.54, 1.807) is 0 Å². The van der Waals surface area contributed by atoms with Crippen LogP contribution in [0.15, 0.2) is 57.4 Å². The van der Waals surface area contributed by atoms with Crippen molar-refractivity contribution in [1.29, 1.82) is 0 Å². The zero-order chi connectivity index (χ0) is 14.4. The summed E-state index contributed by atoms with van der Waals surface area (Å²) in [6, 6.07) is 14.1. The maximum absolute atomic E-state index is 6.14. The SMILES string of the molecule is Clc1ccc(C2CC=Cc3c2oc2ccccc32)c(Br)c1. The van der Waals surface area contributed by atoms with Crippen LogP contribution in [0.1, 0.15) is 29.2 Å². The standard InChI is InChI=1S/C18H12BrClO/c19-16-10-11(20)8-9-12(16)14-5-3-6-15-13-4-1-2-7-17(13)21-18(14)15/h1-4,6-10,14H,5H2. The molecule has 0 saturated carbocycles. The molecule has 1 nitrogen and oxygen atoms in total. The lowest BCUT2D eigenvalue weighted by Crippen LogP contribution is -2.04. The van der Waals surface area contributed by atoms with E-state index in [2.05, 4.69) is 40.2 Å². The van der Waals surface area contributed by atoms with Crippen molar-refractivity contribution in [3.05, 3.63) is 74.9 Å². The third kappa shape index (κ3) is 2.14. The minimum Gasteiger partial charge on any atom is -0.460 e. The van der Waals surface area contributed by atoms with Gasteiger partial charge in [0.05, 0.1) is 0 Å². The predicted molar refractivity (Wildman–Crippen MR) is 90.9 cm³/mol. The summed E-state index contributed by atoms with van der Waals surface area (Å²) < 4.78 is 7.17. The second-order valence-corrected chi connectivity index (χ2v) is 6.52. The Hall–Kier alpha value is -1.51. The molecule has 0 saturated heterocycles. The van der Waals surface area contributed by atoms with Crippen LogP contribution in [0, 0.1) is 0 Å². The summed E-state index contributed by atoms with van der Waals surface area (Å²) in [5.74, 6) is 1.27. The van der Waals surface area contributed by atoms with Gasteiger partial charge in [0, 0.05) is 26.4 Å². The fourth-order valence-corrected chi connectivity index (χ4v) is 3.96. The Bertz CT molecular complexity index is 863. The summed E-state index contributed by atoms with van der Waals surface area (Å²) in [5.41, 5.74) is 3.36. The van der Waals surface area contributed by atoms with E-state index in [4.69, 9.17) is 16.0 Å². The van der Waals surface area contributed by atoms with Gasteiger partial charge in [0.1, 0.15) is 11.3 Å². The molecule has 0 N–H and O–H groups in total. The Labute approximate surface area is 136 Å². The molecule has 0 spiro atoms. The van der Waals surface area contributed by atoms with Gasteiger partial charge in [-0.1, -0.05) is 63.9 Å². The first-order chi connectivity index (χ1) is 10.2. The van der Waals surface area contributed by atoms with Gasteiger partial charge in [-0.25, -0.2) is 0 Å². The molecule has 0 aliphatic heterocycles. The van der Waals surface area contributed by atoms with Gasteiger partial charge in [0.15, 0.2) is 0 Å². The first kappa shape index (κ1) is 13.2. The number of para-hydroxylation sites is 1. The lowest BCUT2D eigenvalue weighted by Gasteiger charge is -2.19. The number of furan rings is 1. The van der Waals surface area contributed by atoms with Crippen LogP contribution in [0.2, 0.25) is 5.02 Å². The minimum atomic E-state index is 0.226. The molecule has 104 valence electrons. The maximum Gasteiger partial charge on any atom is 0.134 e. The van der Waals surface area contributed by atoms with Crippen LogP contribution < -0.4 is 0 Å². The summed E-state index contributed by atoms with van der Waals surface area (Å²) in [7, 11) is 0. The molecule has 1 aliphatic rings. The summed E-state index contributed by atoms with van der Waals surface area (Å²) in [6.45, 7) is 0. The lowest BCUT2D eigenvalue weighted by atomic mass is 9.87. The molecule has 3 aromatic rings. The first-order valence-electron chi connectivity index (χ1n) is 6.87. The second kappa shape index (κ2) is 5.04. The molecular formula is C18H12BrClO. The van der Waals surface area contributed by atoms with Gasteiger partial charge in [0.25, 0.3) is 0 Å². The topological polar surface area (TPSA) is 13.1 Å². The average molecular weight is 360 g/mol. The Kier molecular flexibility index (Phi) is 3.16. The van der Waals surface area contributed by atoms with E-state index in [9.17, 15) is 0 Å². The summed E-state index contributed by atoms with van der Waals surface area (Å²) in [6.07, 6.45) is 5.32. The Morgan fingerprint density at radius 1 is 1.14 bits per heavy atom. The van der Waals surface area contributed by atoms with E-state index in [1.807, 2.05) is 30.3 Å². The van der Waals surface area contributed by atoms with Crippen LogP contribution in [0.4, 0.5) is 0 Å². The van der Waals surface area contributed by atoms with Gasteiger partial charge in [-0.05, 0) is 30.2 Å². The maximum atomic E-state index is 6.14. The van der Waals surface area contributed by atoms with Crippen LogP contribution in [0.25, 0.3) is 17.0 Å². The number of benzene rings is 2. The minimum absolute atomic E-state index is 0.226. The van der Waals surface area contributed by atoms with E-state index < -0.39 is 0 Å². The molecule has 3 heteroatoms. The molecule has 4 rings (SSSR count). The lowest BCUT2D eigenvalue weighted by molar-refractivity contribution is 0.516. The summed E-state index contributed by atoms with van der Waals surface area (Å²) >= 11 is 9.68. The van der Waals surface area contributed by atoms with Crippen molar-refractivity contribution in [2.75, 3.05) is 0 Å². The monoisotopic (exact) mass is 358 g/mol. The largest absolute Gasteiger partial charge is 0.460 e. The molecule has 0 bridgehead atoms. The van der Waals surface area contributed by atoms with Crippen LogP contribution >= 0.6 is 27.5 Å². The zero-order valence-electron chi connectivity index (χ0n) is 11.1. The number of rotatable bonds is 1. The quantitative estimate of drug-likeness (QED) is 0.490. The molecule has 1 unspecified atom stereocenters. The smallest absolute Gasteiger partial charge is 0.134 e. The van der Waals surface area contributed by atoms with E-state index >= 15 is 0 Å². The van der Waals surface area contributed by atoms with Crippen molar-refractivity contribution in [2.45, 2.75) is 12.3 Å². The highest BCUT2D eigenvalue weighted by Crippen LogP contribution is 2.42. The highest BCUT2D eigenvalue weighted by atomic mass is 79.9. The fraction of sp³-hybridized carbons (Fsp3) is 0.111. The van der Waals surface area contributed by atoms with Crippen LogP contribution in [-0.2, 0) is 0 Å². The fourth-order valence-electron chi connectivity index (χ4n) is 3.00. The van der Waals surface area contributed by atoms with Gasteiger partial charge in [-0.15, -0.1) is 0 Å². The molecule has 1 atom stereocenters. The molecule has 0 amide bonds.